The molecule has 0 aliphatic carbocycles. The summed E-state index contributed by atoms with van der Waals surface area (Å²) in [7, 11) is 0. The van der Waals surface area contributed by atoms with Crippen LogP contribution in [0.1, 0.15) is 10.4 Å². The van der Waals surface area contributed by atoms with Crippen LogP contribution in [-0.4, -0.2) is 16.0 Å². The summed E-state index contributed by atoms with van der Waals surface area (Å²) in [6.45, 7) is 0. The monoisotopic (exact) mass is 465 g/mol. The number of hydrogen-bond donors (Lipinski definition) is 2. The van der Waals surface area contributed by atoms with Crippen molar-refractivity contribution in [3.05, 3.63) is 69.2 Å². The average Bonchev–Trinajstić information content (AvgIpc) is 3.08. The van der Waals surface area contributed by atoms with Crippen LogP contribution in [0, 0.1) is 0 Å². The predicted octanol–water partition coefficient (Wildman–Crippen LogP) is 6.54. The van der Waals surface area contributed by atoms with Gasteiger partial charge in [0.15, 0.2) is 10.2 Å². The Bertz CT molecular complexity index is 1260. The molecular formula is C19H10Cl3N3OS2. The highest BCUT2D eigenvalue weighted by molar-refractivity contribution is 7.80. The summed E-state index contributed by atoms with van der Waals surface area (Å²) in [5.41, 5.74) is 1.06. The van der Waals surface area contributed by atoms with Crippen LogP contribution in [0.3, 0.4) is 0 Å². The van der Waals surface area contributed by atoms with Gasteiger partial charge in [-0.3, -0.25) is 10.1 Å². The first-order valence-electron chi connectivity index (χ1n) is 7.98. The van der Waals surface area contributed by atoms with E-state index in [1.54, 1.807) is 30.3 Å². The Morgan fingerprint density at radius 2 is 1.71 bits per heavy atom. The van der Waals surface area contributed by atoms with Crippen LogP contribution < -0.4 is 10.6 Å². The number of hydrogen-bond acceptors (Lipinski definition) is 4. The van der Waals surface area contributed by atoms with Gasteiger partial charge in [0.05, 0.1) is 14.7 Å². The van der Waals surface area contributed by atoms with Crippen molar-refractivity contribution in [2.45, 2.75) is 0 Å². The second-order valence-electron chi connectivity index (χ2n) is 5.78. The maximum Gasteiger partial charge on any atom is 0.258 e. The molecule has 0 spiro atoms. The highest BCUT2D eigenvalue weighted by Gasteiger charge is 2.15. The van der Waals surface area contributed by atoms with Crippen molar-refractivity contribution < 1.29 is 4.79 Å². The minimum absolute atomic E-state index is 0.130. The summed E-state index contributed by atoms with van der Waals surface area (Å²) in [5.74, 6) is -0.340. The highest BCUT2D eigenvalue weighted by Crippen LogP contribution is 2.35. The molecule has 3 aromatic carbocycles. The van der Waals surface area contributed by atoms with E-state index in [0.717, 1.165) is 15.5 Å². The Balaban J connectivity index is 1.55. The summed E-state index contributed by atoms with van der Waals surface area (Å²) < 4.78 is 0.856. The maximum atomic E-state index is 12.7. The van der Waals surface area contributed by atoms with Crippen LogP contribution in [0.5, 0.6) is 0 Å². The summed E-state index contributed by atoms with van der Waals surface area (Å²) >= 11 is 25.0. The minimum Gasteiger partial charge on any atom is -0.308 e. The normalized spacial score (nSPS) is 11.0. The summed E-state index contributed by atoms with van der Waals surface area (Å²) in [4.78, 5) is 17.1. The molecule has 0 unspecified atom stereocenters. The lowest BCUT2D eigenvalue weighted by Gasteiger charge is -2.10. The van der Waals surface area contributed by atoms with E-state index in [4.69, 9.17) is 47.0 Å². The molecule has 4 rings (SSSR count). The Morgan fingerprint density at radius 1 is 0.964 bits per heavy atom. The molecule has 0 saturated carbocycles. The van der Waals surface area contributed by atoms with Crippen molar-refractivity contribution in [3.8, 4) is 0 Å². The third-order valence-corrected chi connectivity index (χ3v) is 6.28. The number of benzene rings is 3. The third kappa shape index (κ3) is 3.66. The van der Waals surface area contributed by atoms with Crippen molar-refractivity contribution in [2.24, 2.45) is 0 Å². The van der Waals surface area contributed by atoms with Gasteiger partial charge < -0.3 is 5.32 Å². The predicted molar refractivity (Wildman–Crippen MR) is 122 cm³/mol. The Morgan fingerprint density at radius 3 is 2.54 bits per heavy atom. The van der Waals surface area contributed by atoms with E-state index in [-0.39, 0.29) is 11.0 Å². The first kappa shape index (κ1) is 19.4. The van der Waals surface area contributed by atoms with Crippen molar-refractivity contribution in [2.75, 3.05) is 5.32 Å². The number of anilines is 1. The van der Waals surface area contributed by atoms with Gasteiger partial charge in [-0.2, -0.15) is 0 Å². The lowest BCUT2D eigenvalue weighted by Crippen LogP contribution is -2.34. The molecule has 140 valence electrons. The first-order chi connectivity index (χ1) is 13.4. The number of thiocarbonyl (C=S) groups is 1. The van der Waals surface area contributed by atoms with Crippen molar-refractivity contribution >= 4 is 95.5 Å². The molecule has 0 saturated heterocycles. The zero-order valence-electron chi connectivity index (χ0n) is 13.9. The molecule has 2 N–H and O–H groups in total. The molecule has 0 fully saturated rings. The number of halogens is 3. The van der Waals surface area contributed by atoms with E-state index in [9.17, 15) is 4.79 Å². The van der Waals surface area contributed by atoms with Crippen molar-refractivity contribution in [1.82, 2.24) is 10.3 Å². The minimum atomic E-state index is -0.340. The first-order valence-corrected chi connectivity index (χ1v) is 10.3. The SMILES string of the molecule is O=C(NC(=S)Nc1nc2c(Cl)c(Cl)ccc2s1)c1cccc2c(Cl)cccc12. The Labute approximate surface area is 184 Å². The molecule has 0 radical (unpaired) electrons. The zero-order chi connectivity index (χ0) is 19.8. The topological polar surface area (TPSA) is 54.0 Å². The van der Waals surface area contributed by atoms with E-state index >= 15 is 0 Å². The van der Waals surface area contributed by atoms with Gasteiger partial charge in [-0.1, -0.05) is 70.4 Å². The van der Waals surface area contributed by atoms with E-state index in [0.29, 0.717) is 31.3 Å². The summed E-state index contributed by atoms with van der Waals surface area (Å²) in [6.07, 6.45) is 0. The number of aromatic nitrogens is 1. The van der Waals surface area contributed by atoms with E-state index in [1.807, 2.05) is 18.2 Å². The number of amides is 1. The number of carbonyl (C=O) groups is 1. The van der Waals surface area contributed by atoms with E-state index in [2.05, 4.69) is 15.6 Å². The van der Waals surface area contributed by atoms with Crippen LogP contribution in [0.25, 0.3) is 21.0 Å². The largest absolute Gasteiger partial charge is 0.308 e. The van der Waals surface area contributed by atoms with Crippen molar-refractivity contribution in [1.29, 1.82) is 0 Å². The van der Waals surface area contributed by atoms with Crippen LogP contribution in [0.15, 0.2) is 48.5 Å². The van der Waals surface area contributed by atoms with Crippen LogP contribution in [-0.2, 0) is 0 Å². The van der Waals surface area contributed by atoms with Crippen LogP contribution >= 0.6 is 58.4 Å². The quantitative estimate of drug-likeness (QED) is 0.329. The average molecular weight is 467 g/mol. The summed E-state index contributed by atoms with van der Waals surface area (Å²) in [5, 5.41) is 9.16. The molecular weight excluding hydrogens is 457 g/mol. The van der Waals surface area contributed by atoms with Gasteiger partial charge in [0.1, 0.15) is 5.52 Å². The van der Waals surface area contributed by atoms with Crippen molar-refractivity contribution in [3.63, 3.8) is 0 Å². The fourth-order valence-electron chi connectivity index (χ4n) is 2.76. The fourth-order valence-corrected chi connectivity index (χ4v) is 4.55. The molecule has 0 aliphatic rings. The Hall–Kier alpha value is -1.96. The molecule has 1 heterocycles. The Kier molecular flexibility index (Phi) is 5.40. The fraction of sp³-hybridized carbons (Fsp3) is 0. The number of rotatable bonds is 2. The number of nitrogens with zero attached hydrogens (tertiary/aromatic N) is 1. The lowest BCUT2D eigenvalue weighted by molar-refractivity contribution is 0.0979. The number of thiazole rings is 1. The molecule has 1 aromatic heterocycles. The van der Waals surface area contributed by atoms with Crippen LogP contribution in [0.2, 0.25) is 15.1 Å². The molecule has 0 aliphatic heterocycles. The molecule has 0 bridgehead atoms. The standard InChI is InChI=1S/C19H10Cl3N3OS2/c20-12-6-2-3-9-10(12)4-1-5-11(9)17(26)24-18(27)25-19-23-16-14(28-19)8-7-13(21)15(16)22/h1-8H,(H2,23,24,25,26,27). The molecule has 1 amide bonds. The van der Waals surface area contributed by atoms with Gasteiger partial charge in [-0.25, -0.2) is 4.98 Å². The molecule has 4 nitrogen and oxygen atoms in total. The maximum absolute atomic E-state index is 12.7. The third-order valence-electron chi connectivity index (χ3n) is 4.01. The smallest absolute Gasteiger partial charge is 0.258 e. The second kappa shape index (κ2) is 7.81. The zero-order valence-corrected chi connectivity index (χ0v) is 17.8. The number of carbonyl (C=O) groups excluding carboxylic acids is 1. The van der Waals surface area contributed by atoms with Gasteiger partial charge >= 0.3 is 0 Å². The van der Waals surface area contributed by atoms with Gasteiger partial charge in [0.2, 0.25) is 0 Å². The summed E-state index contributed by atoms with van der Waals surface area (Å²) in [6, 6.07) is 14.3. The second-order valence-corrected chi connectivity index (χ2v) is 8.41. The van der Waals surface area contributed by atoms with Gasteiger partial charge in [0.25, 0.3) is 5.91 Å². The number of nitrogens with one attached hydrogen (secondary N) is 2. The molecule has 9 heteroatoms. The van der Waals surface area contributed by atoms with E-state index < -0.39 is 0 Å². The van der Waals surface area contributed by atoms with Crippen LogP contribution in [0.4, 0.5) is 5.13 Å². The molecule has 28 heavy (non-hydrogen) atoms. The van der Waals surface area contributed by atoms with E-state index in [1.165, 1.54) is 11.3 Å². The highest BCUT2D eigenvalue weighted by atomic mass is 35.5. The van der Waals surface area contributed by atoms with Gasteiger partial charge in [-0.05, 0) is 41.9 Å². The van der Waals surface area contributed by atoms with Gasteiger partial charge in [0, 0.05) is 16.0 Å². The molecule has 4 aromatic rings. The number of fused-ring (bicyclic) bond motifs is 2. The lowest BCUT2D eigenvalue weighted by atomic mass is 10.0. The van der Waals surface area contributed by atoms with Gasteiger partial charge in [-0.15, -0.1) is 0 Å². The molecule has 0 atom stereocenters.